The molecule has 5 heteroatoms. The zero-order chi connectivity index (χ0) is 10.5. The molecule has 5 nitrogen and oxygen atoms in total. The predicted molar refractivity (Wildman–Crippen MR) is 51.3 cm³/mol. The van der Waals surface area contributed by atoms with E-state index in [0.717, 1.165) is 0 Å². The molecule has 0 unspecified atom stereocenters. The minimum atomic E-state index is 0.0980. The summed E-state index contributed by atoms with van der Waals surface area (Å²) in [5.41, 5.74) is 0. The number of aldehydes is 1. The Hall–Kier alpha value is -1.59. The van der Waals surface area contributed by atoms with Gasteiger partial charge in [0.2, 0.25) is 0 Å². The maximum atomic E-state index is 9.98. The highest BCUT2D eigenvalue weighted by molar-refractivity contribution is 5.50. The number of hydrogen-bond acceptors (Lipinski definition) is 5. The van der Waals surface area contributed by atoms with Gasteiger partial charge < -0.3 is 19.2 Å². The molecular formula is C10H11NO4. The monoisotopic (exact) mass is 209 g/mol. The molecule has 0 amide bonds. The molecule has 15 heavy (non-hydrogen) atoms. The molecule has 0 radical (unpaired) electrons. The first-order chi connectivity index (χ1) is 7.40. The third-order valence-corrected chi connectivity index (χ3v) is 1.85. The van der Waals surface area contributed by atoms with Crippen LogP contribution in [-0.2, 0) is 9.53 Å². The number of para-hydroxylation sites is 2. The zero-order valence-corrected chi connectivity index (χ0v) is 8.09. The van der Waals surface area contributed by atoms with Gasteiger partial charge in [0, 0.05) is 5.23 Å². The van der Waals surface area contributed by atoms with Gasteiger partial charge in [0.1, 0.15) is 12.9 Å². The second-order valence-corrected chi connectivity index (χ2v) is 2.93. The van der Waals surface area contributed by atoms with E-state index in [0.29, 0.717) is 30.9 Å². The fraction of sp³-hybridized carbons (Fsp3) is 0.300. The van der Waals surface area contributed by atoms with Crippen molar-refractivity contribution in [2.45, 2.75) is 0 Å². The highest BCUT2D eigenvalue weighted by Crippen LogP contribution is 2.32. The van der Waals surface area contributed by atoms with Crippen molar-refractivity contribution in [3.8, 4) is 11.5 Å². The number of carbonyl (C=O) groups is 1. The van der Waals surface area contributed by atoms with E-state index in [1.165, 1.54) is 5.23 Å². The summed E-state index contributed by atoms with van der Waals surface area (Å²) in [4.78, 5) is 20.6. The Bertz CT molecular complexity index is 317. The molecule has 0 N–H and O–H groups in total. The van der Waals surface area contributed by atoms with Gasteiger partial charge in [-0.05, 0) is 12.1 Å². The second kappa shape index (κ2) is 4.77. The van der Waals surface area contributed by atoms with Crippen molar-refractivity contribution >= 4 is 6.29 Å². The molecule has 0 saturated heterocycles. The molecular weight excluding hydrogens is 198 g/mol. The van der Waals surface area contributed by atoms with Crippen LogP contribution in [0.15, 0.2) is 24.3 Å². The number of rotatable bonds is 5. The van der Waals surface area contributed by atoms with E-state index in [1.807, 2.05) is 24.3 Å². The molecule has 1 aliphatic heterocycles. The number of carbonyl (C=O) groups excluding carboxylic acids is 1. The predicted octanol–water partition coefficient (Wildman–Crippen LogP) is 0.805. The lowest BCUT2D eigenvalue weighted by atomic mass is 10.3. The minimum Gasteiger partial charge on any atom is -0.372 e. The van der Waals surface area contributed by atoms with Gasteiger partial charge in [-0.15, -0.1) is 0 Å². The van der Waals surface area contributed by atoms with Crippen molar-refractivity contribution in [2.24, 2.45) is 0 Å². The van der Waals surface area contributed by atoms with Crippen LogP contribution in [-0.4, -0.2) is 31.3 Å². The van der Waals surface area contributed by atoms with Gasteiger partial charge in [-0.1, -0.05) is 12.1 Å². The molecule has 1 heterocycles. The summed E-state index contributed by atoms with van der Waals surface area (Å²) in [5, 5.41) is 1.33. The summed E-state index contributed by atoms with van der Waals surface area (Å²) < 4.78 is 4.97. The molecule has 1 aromatic rings. The molecule has 80 valence electrons. The molecule has 2 rings (SSSR count). The van der Waals surface area contributed by atoms with Gasteiger partial charge in [0.25, 0.3) is 0 Å². The van der Waals surface area contributed by atoms with E-state index < -0.39 is 0 Å². The summed E-state index contributed by atoms with van der Waals surface area (Å²) in [6.45, 7) is 0.927. The Morgan fingerprint density at radius 2 is 1.93 bits per heavy atom. The molecule has 0 bridgehead atoms. The van der Waals surface area contributed by atoms with Crippen LogP contribution in [0.4, 0.5) is 0 Å². The Balaban J connectivity index is 1.78. The van der Waals surface area contributed by atoms with Crippen molar-refractivity contribution in [1.29, 1.82) is 0 Å². The third kappa shape index (κ3) is 2.45. The van der Waals surface area contributed by atoms with Gasteiger partial charge in [-0.25, -0.2) is 0 Å². The summed E-state index contributed by atoms with van der Waals surface area (Å²) in [6.07, 6.45) is 0.709. The summed E-state index contributed by atoms with van der Waals surface area (Å²) >= 11 is 0. The van der Waals surface area contributed by atoms with Crippen LogP contribution in [0, 0.1) is 0 Å². The molecule has 1 aliphatic rings. The first-order valence-corrected chi connectivity index (χ1v) is 4.64. The highest BCUT2D eigenvalue weighted by Gasteiger charge is 2.21. The summed E-state index contributed by atoms with van der Waals surface area (Å²) in [7, 11) is 0. The van der Waals surface area contributed by atoms with Crippen LogP contribution in [0.3, 0.4) is 0 Å². The standard InChI is InChI=1S/C10H11NO4/c12-6-8-13-7-5-11-14-9-3-1-2-4-10(9)15-11/h1-4,6H,5,7-8H2. The number of hydroxylamine groups is 2. The van der Waals surface area contributed by atoms with E-state index >= 15 is 0 Å². The van der Waals surface area contributed by atoms with Crippen LogP contribution >= 0.6 is 0 Å². The van der Waals surface area contributed by atoms with Gasteiger partial charge in [-0.2, -0.15) is 0 Å². The van der Waals surface area contributed by atoms with E-state index in [1.54, 1.807) is 0 Å². The molecule has 0 spiro atoms. The van der Waals surface area contributed by atoms with E-state index in [-0.39, 0.29) is 6.61 Å². The molecule has 1 aromatic carbocycles. The van der Waals surface area contributed by atoms with Crippen LogP contribution in [0.2, 0.25) is 0 Å². The average molecular weight is 209 g/mol. The largest absolute Gasteiger partial charge is 0.372 e. The maximum Gasteiger partial charge on any atom is 0.196 e. The van der Waals surface area contributed by atoms with Crippen LogP contribution in [0.1, 0.15) is 0 Å². The summed E-state index contributed by atoms with van der Waals surface area (Å²) in [5.74, 6) is 1.38. The average Bonchev–Trinajstić information content (AvgIpc) is 2.67. The number of hydrogen-bond donors (Lipinski definition) is 0. The SMILES string of the molecule is O=CCOCCN1Oc2ccccc2O1. The molecule has 0 fully saturated rings. The van der Waals surface area contributed by atoms with Gasteiger partial charge >= 0.3 is 0 Å². The Morgan fingerprint density at radius 1 is 1.27 bits per heavy atom. The van der Waals surface area contributed by atoms with Crippen LogP contribution in [0.25, 0.3) is 0 Å². The van der Waals surface area contributed by atoms with E-state index in [9.17, 15) is 4.79 Å². The van der Waals surface area contributed by atoms with Crippen molar-refractivity contribution in [3.05, 3.63) is 24.3 Å². The summed E-state index contributed by atoms with van der Waals surface area (Å²) in [6, 6.07) is 7.38. The minimum absolute atomic E-state index is 0.0980. The first-order valence-electron chi connectivity index (χ1n) is 4.64. The fourth-order valence-electron chi connectivity index (χ4n) is 1.20. The normalized spacial score (nSPS) is 14.1. The topological polar surface area (TPSA) is 48.0 Å². The number of benzene rings is 1. The van der Waals surface area contributed by atoms with Crippen LogP contribution < -0.4 is 9.68 Å². The first kappa shape index (κ1) is 9.95. The lowest BCUT2D eigenvalue weighted by Crippen LogP contribution is -2.30. The van der Waals surface area contributed by atoms with Gasteiger partial charge in [-0.3, -0.25) is 0 Å². The van der Waals surface area contributed by atoms with E-state index in [4.69, 9.17) is 14.4 Å². The van der Waals surface area contributed by atoms with Crippen molar-refractivity contribution in [2.75, 3.05) is 19.8 Å². The smallest absolute Gasteiger partial charge is 0.196 e. The van der Waals surface area contributed by atoms with Gasteiger partial charge in [0.15, 0.2) is 11.5 Å². The highest BCUT2D eigenvalue weighted by atomic mass is 17.0. The quantitative estimate of drug-likeness (QED) is 0.530. The van der Waals surface area contributed by atoms with Crippen molar-refractivity contribution in [3.63, 3.8) is 0 Å². The molecule has 0 aliphatic carbocycles. The maximum absolute atomic E-state index is 9.98. The Labute approximate surface area is 87.1 Å². The Kier molecular flexibility index (Phi) is 3.16. The number of ether oxygens (including phenoxy) is 1. The third-order valence-electron chi connectivity index (χ3n) is 1.85. The lowest BCUT2D eigenvalue weighted by molar-refractivity contribution is -0.231. The van der Waals surface area contributed by atoms with Gasteiger partial charge in [0.05, 0.1) is 13.2 Å². The second-order valence-electron chi connectivity index (χ2n) is 2.93. The molecule has 0 atom stereocenters. The number of nitrogens with zero attached hydrogens (tertiary/aromatic N) is 1. The molecule has 0 saturated carbocycles. The van der Waals surface area contributed by atoms with Crippen molar-refractivity contribution in [1.82, 2.24) is 5.23 Å². The van der Waals surface area contributed by atoms with Crippen molar-refractivity contribution < 1.29 is 19.2 Å². The van der Waals surface area contributed by atoms with Crippen LogP contribution in [0.5, 0.6) is 11.5 Å². The van der Waals surface area contributed by atoms with E-state index in [2.05, 4.69) is 0 Å². The lowest BCUT2D eigenvalue weighted by Gasteiger charge is -2.11. The molecule has 0 aromatic heterocycles. The fourth-order valence-corrected chi connectivity index (χ4v) is 1.20. The Morgan fingerprint density at radius 3 is 2.53 bits per heavy atom. The number of fused-ring (bicyclic) bond motifs is 1. The zero-order valence-electron chi connectivity index (χ0n) is 8.09.